The van der Waals surface area contributed by atoms with Gasteiger partial charge in [0.2, 0.25) is 0 Å². The highest BCUT2D eigenvalue weighted by molar-refractivity contribution is 5.91. The zero-order valence-electron chi connectivity index (χ0n) is 7.95. The van der Waals surface area contributed by atoms with E-state index in [0.717, 1.165) is 12.8 Å². The Morgan fingerprint density at radius 2 is 2.46 bits per heavy atom. The molecule has 0 aliphatic carbocycles. The van der Waals surface area contributed by atoms with Gasteiger partial charge in [0, 0.05) is 13.6 Å². The summed E-state index contributed by atoms with van der Waals surface area (Å²) in [5.41, 5.74) is 0.374. The van der Waals surface area contributed by atoms with E-state index in [1.165, 1.54) is 11.0 Å². The van der Waals surface area contributed by atoms with Crippen molar-refractivity contribution in [3.63, 3.8) is 0 Å². The molecule has 0 fully saturated rings. The summed E-state index contributed by atoms with van der Waals surface area (Å²) in [5, 5.41) is 10.5. The van der Waals surface area contributed by atoms with Crippen LogP contribution >= 0.6 is 0 Å². The first kappa shape index (κ1) is 9.70. The van der Waals surface area contributed by atoms with Crippen molar-refractivity contribution in [1.29, 1.82) is 0 Å². The summed E-state index contributed by atoms with van der Waals surface area (Å²) < 4.78 is 0. The molecule has 1 aromatic heterocycles. The van der Waals surface area contributed by atoms with Crippen LogP contribution in [0.1, 0.15) is 30.3 Å². The van der Waals surface area contributed by atoms with Gasteiger partial charge in [0.05, 0.1) is 6.20 Å². The van der Waals surface area contributed by atoms with E-state index in [-0.39, 0.29) is 5.91 Å². The molecular formula is C8H14N4O. The molecule has 72 valence electrons. The summed E-state index contributed by atoms with van der Waals surface area (Å²) in [5.74, 6) is -0.151. The number of carbonyl (C=O) groups excluding carboxylic acids is 1. The van der Waals surface area contributed by atoms with Gasteiger partial charge in [-0.15, -0.1) is 5.10 Å². The fraction of sp³-hybridized carbons (Fsp3) is 0.625. The molecule has 0 unspecified atom stereocenters. The molecule has 0 aliphatic heterocycles. The molecule has 0 spiro atoms. The van der Waals surface area contributed by atoms with Crippen molar-refractivity contribution in [2.75, 3.05) is 6.54 Å². The Kier molecular flexibility index (Phi) is 3.42. The Balaban J connectivity index is 2.40. The number of unbranched alkanes of at least 4 members (excludes halogenated alkanes) is 1. The van der Waals surface area contributed by atoms with E-state index in [4.69, 9.17) is 0 Å². The molecule has 0 aliphatic rings. The molecule has 1 N–H and O–H groups in total. The van der Waals surface area contributed by atoms with Crippen LogP contribution in [0.5, 0.6) is 0 Å². The fourth-order valence-corrected chi connectivity index (χ4v) is 0.919. The zero-order chi connectivity index (χ0) is 9.68. The number of nitrogens with zero attached hydrogens (tertiary/aromatic N) is 3. The summed E-state index contributed by atoms with van der Waals surface area (Å²) in [6.07, 6.45) is 3.52. The van der Waals surface area contributed by atoms with Gasteiger partial charge in [0.15, 0.2) is 5.69 Å². The number of hydrogen-bond donors (Lipinski definition) is 1. The predicted octanol–water partition coefficient (Wildman–Crippen LogP) is 0.345. The highest BCUT2D eigenvalue weighted by Crippen LogP contribution is 1.90. The van der Waals surface area contributed by atoms with Crippen molar-refractivity contribution in [3.05, 3.63) is 11.9 Å². The average molecular weight is 182 g/mol. The molecule has 5 heteroatoms. The molecule has 0 bridgehead atoms. The lowest BCUT2D eigenvalue weighted by Crippen LogP contribution is -2.24. The highest BCUT2D eigenvalue weighted by atomic mass is 16.2. The van der Waals surface area contributed by atoms with Crippen molar-refractivity contribution in [2.24, 2.45) is 7.05 Å². The predicted molar refractivity (Wildman–Crippen MR) is 48.2 cm³/mol. The topological polar surface area (TPSA) is 59.8 Å². The maximum Gasteiger partial charge on any atom is 0.273 e. The van der Waals surface area contributed by atoms with E-state index in [1.54, 1.807) is 7.05 Å². The van der Waals surface area contributed by atoms with Crippen LogP contribution in [0.25, 0.3) is 0 Å². The first-order valence-electron chi connectivity index (χ1n) is 4.38. The molecule has 0 saturated heterocycles. The number of aryl methyl sites for hydroxylation is 1. The van der Waals surface area contributed by atoms with Gasteiger partial charge in [-0.25, -0.2) is 0 Å². The lowest BCUT2D eigenvalue weighted by atomic mass is 10.3. The van der Waals surface area contributed by atoms with Crippen LogP contribution in [0.3, 0.4) is 0 Å². The lowest BCUT2D eigenvalue weighted by molar-refractivity contribution is 0.0947. The normalized spacial score (nSPS) is 10.0. The Morgan fingerprint density at radius 1 is 1.69 bits per heavy atom. The average Bonchev–Trinajstić information content (AvgIpc) is 2.52. The maximum absolute atomic E-state index is 11.3. The summed E-state index contributed by atoms with van der Waals surface area (Å²) in [4.78, 5) is 12.7. The SMILES string of the molecule is CCCCNC(=O)c1cnn(C)n1. The second-order valence-electron chi connectivity index (χ2n) is 2.83. The molecule has 0 atom stereocenters. The van der Waals surface area contributed by atoms with E-state index in [0.29, 0.717) is 12.2 Å². The highest BCUT2D eigenvalue weighted by Gasteiger charge is 2.07. The van der Waals surface area contributed by atoms with Crippen LogP contribution in [-0.4, -0.2) is 27.4 Å². The fourth-order valence-electron chi connectivity index (χ4n) is 0.919. The standard InChI is InChI=1S/C8H14N4O/c1-3-4-5-9-8(13)7-6-10-12(2)11-7/h6H,3-5H2,1-2H3,(H,9,13). The van der Waals surface area contributed by atoms with Crippen molar-refractivity contribution in [2.45, 2.75) is 19.8 Å². The molecule has 5 nitrogen and oxygen atoms in total. The Bertz CT molecular complexity index is 281. The van der Waals surface area contributed by atoms with Crippen molar-refractivity contribution in [3.8, 4) is 0 Å². The third-order valence-electron chi connectivity index (χ3n) is 1.65. The molecular weight excluding hydrogens is 168 g/mol. The number of hydrogen-bond acceptors (Lipinski definition) is 3. The Hall–Kier alpha value is -1.39. The molecule has 0 saturated carbocycles. The van der Waals surface area contributed by atoms with Gasteiger partial charge >= 0.3 is 0 Å². The van der Waals surface area contributed by atoms with Gasteiger partial charge < -0.3 is 5.32 Å². The third-order valence-corrected chi connectivity index (χ3v) is 1.65. The largest absolute Gasteiger partial charge is 0.351 e. The van der Waals surface area contributed by atoms with Crippen molar-refractivity contribution < 1.29 is 4.79 Å². The van der Waals surface area contributed by atoms with Crippen LogP contribution in [-0.2, 0) is 7.05 Å². The molecule has 1 heterocycles. The van der Waals surface area contributed by atoms with Gasteiger partial charge in [-0.05, 0) is 6.42 Å². The van der Waals surface area contributed by atoms with Crippen molar-refractivity contribution in [1.82, 2.24) is 20.3 Å². The number of rotatable bonds is 4. The van der Waals surface area contributed by atoms with Gasteiger partial charge in [-0.1, -0.05) is 13.3 Å². The molecule has 0 radical (unpaired) electrons. The van der Waals surface area contributed by atoms with Crippen LogP contribution in [0, 0.1) is 0 Å². The van der Waals surface area contributed by atoms with Crippen LogP contribution in [0.2, 0.25) is 0 Å². The first-order chi connectivity index (χ1) is 6.24. The molecule has 1 amide bonds. The number of carbonyl (C=O) groups is 1. The van der Waals surface area contributed by atoms with E-state index in [1.807, 2.05) is 0 Å². The minimum atomic E-state index is -0.151. The first-order valence-corrected chi connectivity index (χ1v) is 4.38. The van der Waals surface area contributed by atoms with Gasteiger partial charge in [-0.3, -0.25) is 4.79 Å². The number of nitrogens with one attached hydrogen (secondary N) is 1. The Morgan fingerprint density at radius 3 is 3.00 bits per heavy atom. The van der Waals surface area contributed by atoms with E-state index >= 15 is 0 Å². The minimum Gasteiger partial charge on any atom is -0.351 e. The zero-order valence-corrected chi connectivity index (χ0v) is 7.95. The lowest BCUT2D eigenvalue weighted by Gasteiger charge is -1.99. The summed E-state index contributed by atoms with van der Waals surface area (Å²) in [7, 11) is 1.68. The van der Waals surface area contributed by atoms with E-state index < -0.39 is 0 Å². The second-order valence-corrected chi connectivity index (χ2v) is 2.83. The molecule has 1 aromatic rings. The van der Waals surface area contributed by atoms with Crippen molar-refractivity contribution >= 4 is 5.91 Å². The Labute approximate surface area is 77.1 Å². The summed E-state index contributed by atoms with van der Waals surface area (Å²) >= 11 is 0. The summed E-state index contributed by atoms with van der Waals surface area (Å²) in [6.45, 7) is 2.78. The third kappa shape index (κ3) is 2.85. The van der Waals surface area contributed by atoms with Gasteiger partial charge in [0.25, 0.3) is 5.91 Å². The molecule has 0 aromatic carbocycles. The van der Waals surface area contributed by atoms with E-state index in [2.05, 4.69) is 22.4 Å². The number of aromatic nitrogens is 3. The smallest absolute Gasteiger partial charge is 0.273 e. The second kappa shape index (κ2) is 4.59. The summed E-state index contributed by atoms with van der Waals surface area (Å²) in [6, 6.07) is 0. The molecule has 1 rings (SSSR count). The molecule has 13 heavy (non-hydrogen) atoms. The van der Waals surface area contributed by atoms with Crippen LogP contribution in [0.15, 0.2) is 6.20 Å². The monoisotopic (exact) mass is 182 g/mol. The van der Waals surface area contributed by atoms with Gasteiger partial charge in [0.1, 0.15) is 0 Å². The van der Waals surface area contributed by atoms with Gasteiger partial charge in [-0.2, -0.15) is 9.90 Å². The quantitative estimate of drug-likeness (QED) is 0.683. The maximum atomic E-state index is 11.3. The van der Waals surface area contributed by atoms with Crippen LogP contribution < -0.4 is 5.32 Å². The minimum absolute atomic E-state index is 0.151. The van der Waals surface area contributed by atoms with E-state index in [9.17, 15) is 4.79 Å². The van der Waals surface area contributed by atoms with Crippen LogP contribution in [0.4, 0.5) is 0 Å². The number of amides is 1.